The van der Waals surface area contributed by atoms with E-state index in [-0.39, 0.29) is 4.90 Å². The van der Waals surface area contributed by atoms with Crippen molar-refractivity contribution in [3.63, 3.8) is 0 Å². The second kappa shape index (κ2) is 7.72. The van der Waals surface area contributed by atoms with Crippen molar-refractivity contribution in [3.05, 3.63) is 58.1 Å². The lowest BCUT2D eigenvalue weighted by Crippen LogP contribution is -2.47. The van der Waals surface area contributed by atoms with Crippen molar-refractivity contribution in [1.82, 2.24) is 10.0 Å². The lowest BCUT2D eigenvalue weighted by atomic mass is 9.90. The van der Waals surface area contributed by atoms with Crippen LogP contribution in [0, 0.1) is 0 Å². The summed E-state index contributed by atoms with van der Waals surface area (Å²) in [4.78, 5) is -0.187. The predicted molar refractivity (Wildman–Crippen MR) is 99.1 cm³/mol. The summed E-state index contributed by atoms with van der Waals surface area (Å²) in [5.74, 6) is -0.506. The Bertz CT molecular complexity index is 961. The molecule has 1 aliphatic rings. The third-order valence-corrected chi connectivity index (χ3v) is 6.62. The summed E-state index contributed by atoms with van der Waals surface area (Å²) in [5, 5.41) is 3.74. The summed E-state index contributed by atoms with van der Waals surface area (Å²) in [5.41, 5.74) is -0.332. The second-order valence-corrected chi connectivity index (χ2v) is 8.76. The maximum Gasteiger partial charge on any atom is 0.573 e. The molecule has 0 bridgehead atoms. The number of ether oxygens (including phenoxy) is 1. The normalized spacial score (nSPS) is 20.3. The van der Waals surface area contributed by atoms with Gasteiger partial charge in [-0.15, -0.1) is 13.2 Å². The van der Waals surface area contributed by atoms with Gasteiger partial charge < -0.3 is 10.1 Å². The summed E-state index contributed by atoms with van der Waals surface area (Å²) in [7, 11) is -4.04. The highest BCUT2D eigenvalue weighted by atomic mass is 35.5. The zero-order valence-corrected chi connectivity index (χ0v) is 16.5. The summed E-state index contributed by atoms with van der Waals surface area (Å²) < 4.78 is 68.9. The molecule has 11 heteroatoms. The Balaban J connectivity index is 1.89. The highest BCUT2D eigenvalue weighted by molar-refractivity contribution is 7.89. The van der Waals surface area contributed by atoms with Crippen molar-refractivity contribution in [2.75, 3.05) is 13.1 Å². The molecule has 0 aromatic heterocycles. The fourth-order valence-corrected chi connectivity index (χ4v) is 4.73. The van der Waals surface area contributed by atoms with E-state index in [1.807, 2.05) is 0 Å². The molecule has 28 heavy (non-hydrogen) atoms. The minimum absolute atomic E-state index is 0.187. The van der Waals surface area contributed by atoms with E-state index in [9.17, 15) is 21.6 Å². The first kappa shape index (κ1) is 21.2. The van der Waals surface area contributed by atoms with Crippen LogP contribution >= 0.6 is 23.2 Å². The van der Waals surface area contributed by atoms with Crippen LogP contribution in [-0.4, -0.2) is 27.9 Å². The number of hydrogen-bond acceptors (Lipinski definition) is 4. The molecule has 1 aliphatic heterocycles. The maximum atomic E-state index is 12.9. The Morgan fingerprint density at radius 1 is 1.07 bits per heavy atom. The first-order valence-corrected chi connectivity index (χ1v) is 10.3. The van der Waals surface area contributed by atoms with Gasteiger partial charge in [-0.1, -0.05) is 29.3 Å². The molecule has 0 saturated carbocycles. The lowest BCUT2D eigenvalue weighted by molar-refractivity contribution is -0.274. The fourth-order valence-electron chi connectivity index (χ4n) is 3.01. The Hall–Kier alpha value is -1.52. The van der Waals surface area contributed by atoms with E-state index in [2.05, 4.69) is 14.8 Å². The van der Waals surface area contributed by atoms with Gasteiger partial charge in [0.25, 0.3) is 0 Å². The molecule has 1 atom stereocenters. The van der Waals surface area contributed by atoms with E-state index in [1.165, 1.54) is 0 Å². The lowest BCUT2D eigenvalue weighted by Gasteiger charge is -2.30. The SMILES string of the molecule is O=S(=O)(N[C@@]1(c2ccc(Cl)c(Cl)c2)CCNC1)c1ccc(OC(F)(F)F)cc1. The molecule has 0 aliphatic carbocycles. The van der Waals surface area contributed by atoms with Crippen LogP contribution in [0.1, 0.15) is 12.0 Å². The van der Waals surface area contributed by atoms with Gasteiger partial charge in [-0.3, -0.25) is 0 Å². The summed E-state index contributed by atoms with van der Waals surface area (Å²) in [6.07, 6.45) is -4.40. The highest BCUT2D eigenvalue weighted by Gasteiger charge is 2.40. The van der Waals surface area contributed by atoms with Crippen LogP contribution in [-0.2, 0) is 15.6 Å². The van der Waals surface area contributed by atoms with Gasteiger partial charge in [0.1, 0.15) is 5.75 Å². The van der Waals surface area contributed by atoms with Gasteiger partial charge in [0, 0.05) is 6.54 Å². The highest BCUT2D eigenvalue weighted by Crippen LogP contribution is 2.34. The van der Waals surface area contributed by atoms with E-state index >= 15 is 0 Å². The number of benzene rings is 2. The largest absolute Gasteiger partial charge is 0.573 e. The molecule has 3 rings (SSSR count). The molecule has 2 aromatic carbocycles. The average Bonchev–Trinajstić information content (AvgIpc) is 3.05. The monoisotopic (exact) mass is 454 g/mol. The van der Waals surface area contributed by atoms with Crippen LogP contribution in [0.4, 0.5) is 13.2 Å². The number of alkyl halides is 3. The summed E-state index contributed by atoms with van der Waals surface area (Å²) in [6.45, 7) is 0.889. The topological polar surface area (TPSA) is 67.4 Å². The van der Waals surface area contributed by atoms with Crippen LogP contribution in [0.5, 0.6) is 5.75 Å². The smallest absolute Gasteiger partial charge is 0.406 e. The Morgan fingerprint density at radius 2 is 1.75 bits per heavy atom. The van der Waals surface area contributed by atoms with Crippen molar-refractivity contribution < 1.29 is 26.3 Å². The van der Waals surface area contributed by atoms with Crippen molar-refractivity contribution >= 4 is 33.2 Å². The zero-order chi connectivity index (χ0) is 20.6. The van der Waals surface area contributed by atoms with Gasteiger partial charge in [-0.2, -0.15) is 4.72 Å². The third kappa shape index (κ3) is 4.72. The van der Waals surface area contributed by atoms with E-state index in [4.69, 9.17) is 23.2 Å². The van der Waals surface area contributed by atoms with Gasteiger partial charge in [0.15, 0.2) is 0 Å². The quantitative estimate of drug-likeness (QED) is 0.714. The maximum absolute atomic E-state index is 12.9. The van der Waals surface area contributed by atoms with Gasteiger partial charge in [-0.25, -0.2) is 8.42 Å². The van der Waals surface area contributed by atoms with Crippen molar-refractivity contribution in [2.24, 2.45) is 0 Å². The van der Waals surface area contributed by atoms with Gasteiger partial charge in [0.05, 0.1) is 20.5 Å². The summed E-state index contributed by atoms with van der Waals surface area (Å²) >= 11 is 12.0. The molecule has 1 saturated heterocycles. The van der Waals surface area contributed by atoms with Gasteiger partial charge >= 0.3 is 6.36 Å². The van der Waals surface area contributed by atoms with Gasteiger partial charge in [-0.05, 0) is 54.9 Å². The van der Waals surface area contributed by atoms with E-state index in [0.29, 0.717) is 35.1 Å². The molecule has 1 fully saturated rings. The van der Waals surface area contributed by atoms with Crippen LogP contribution in [0.2, 0.25) is 10.0 Å². The number of nitrogens with one attached hydrogen (secondary N) is 2. The number of sulfonamides is 1. The van der Waals surface area contributed by atoms with Crippen LogP contribution < -0.4 is 14.8 Å². The molecule has 0 amide bonds. The summed E-state index contributed by atoms with van der Waals surface area (Å²) in [6, 6.07) is 8.85. The molecule has 152 valence electrons. The Kier molecular flexibility index (Phi) is 5.84. The first-order valence-electron chi connectivity index (χ1n) is 8.07. The second-order valence-electron chi connectivity index (χ2n) is 6.26. The van der Waals surface area contributed by atoms with Gasteiger partial charge in [0.2, 0.25) is 10.0 Å². The minimum atomic E-state index is -4.86. The van der Waals surface area contributed by atoms with E-state index < -0.39 is 27.7 Å². The predicted octanol–water partition coefficient (Wildman–Crippen LogP) is 4.06. The molecular formula is C17H15Cl2F3N2O3S. The van der Waals surface area contributed by atoms with Crippen LogP contribution in [0.25, 0.3) is 0 Å². The molecule has 1 heterocycles. The molecule has 2 N–H and O–H groups in total. The van der Waals surface area contributed by atoms with Crippen molar-refractivity contribution in [1.29, 1.82) is 0 Å². The van der Waals surface area contributed by atoms with Crippen LogP contribution in [0.15, 0.2) is 47.4 Å². The number of halogens is 5. The Labute approximate surface area is 169 Å². The van der Waals surface area contributed by atoms with E-state index in [0.717, 1.165) is 24.3 Å². The van der Waals surface area contributed by atoms with E-state index in [1.54, 1.807) is 18.2 Å². The standard InChI is InChI=1S/C17H15Cl2F3N2O3S/c18-14-6-1-11(9-15(14)19)16(7-8-23-10-16)24-28(25,26)13-4-2-12(3-5-13)27-17(20,21)22/h1-6,9,23-24H,7-8,10H2/t16-/m0/s1. The zero-order valence-electron chi connectivity index (χ0n) is 14.2. The van der Waals surface area contributed by atoms with Crippen molar-refractivity contribution in [2.45, 2.75) is 23.2 Å². The van der Waals surface area contributed by atoms with Crippen LogP contribution in [0.3, 0.4) is 0 Å². The molecule has 2 aromatic rings. The third-order valence-electron chi connectivity index (χ3n) is 4.32. The number of hydrogen-bond donors (Lipinski definition) is 2. The molecule has 0 radical (unpaired) electrons. The molecule has 5 nitrogen and oxygen atoms in total. The molecule has 0 unspecified atom stereocenters. The average molecular weight is 455 g/mol. The minimum Gasteiger partial charge on any atom is -0.406 e. The molecular weight excluding hydrogens is 440 g/mol. The number of rotatable bonds is 5. The fraction of sp³-hybridized carbons (Fsp3) is 0.294. The molecule has 0 spiro atoms. The van der Waals surface area contributed by atoms with Crippen molar-refractivity contribution in [3.8, 4) is 5.75 Å². The Morgan fingerprint density at radius 3 is 2.29 bits per heavy atom. The first-order chi connectivity index (χ1) is 13.0.